The van der Waals surface area contributed by atoms with E-state index in [1.807, 2.05) is 6.08 Å². The van der Waals surface area contributed by atoms with Crippen molar-refractivity contribution < 1.29 is 23.8 Å². The van der Waals surface area contributed by atoms with Gasteiger partial charge in [-0.3, -0.25) is 0 Å². The molecule has 0 aromatic rings. The van der Waals surface area contributed by atoms with Crippen molar-refractivity contribution in [3.8, 4) is 0 Å². The van der Waals surface area contributed by atoms with Gasteiger partial charge in [0.2, 0.25) is 0 Å². The molecule has 0 spiro atoms. The third-order valence-electron chi connectivity index (χ3n) is 3.88. The van der Waals surface area contributed by atoms with E-state index in [1.54, 1.807) is 12.3 Å². The van der Waals surface area contributed by atoms with Gasteiger partial charge in [0.25, 0.3) is 0 Å². The van der Waals surface area contributed by atoms with E-state index in [-0.39, 0.29) is 11.1 Å². The lowest BCUT2D eigenvalue weighted by atomic mass is 9.94. The number of methoxy groups -OCH3 is 2. The molecule has 1 heterocycles. The Labute approximate surface area is 136 Å². The van der Waals surface area contributed by atoms with Crippen molar-refractivity contribution in [3.63, 3.8) is 0 Å². The maximum Gasteiger partial charge on any atom is 0.339 e. The van der Waals surface area contributed by atoms with Gasteiger partial charge in [-0.2, -0.15) is 0 Å². The van der Waals surface area contributed by atoms with Crippen molar-refractivity contribution in [2.45, 2.75) is 39.0 Å². The van der Waals surface area contributed by atoms with Crippen LogP contribution in [0.2, 0.25) is 0 Å². The Hall–Kier alpha value is -2.30. The zero-order valence-corrected chi connectivity index (χ0v) is 13.8. The van der Waals surface area contributed by atoms with E-state index in [0.717, 1.165) is 30.6 Å². The molecule has 2 aliphatic rings. The average Bonchev–Trinajstić information content (AvgIpc) is 2.77. The van der Waals surface area contributed by atoms with Crippen LogP contribution in [0.25, 0.3) is 0 Å². The molecule has 0 aromatic heterocycles. The third kappa shape index (κ3) is 3.73. The fraction of sp³-hybridized carbons (Fsp3) is 0.444. The fourth-order valence-corrected chi connectivity index (χ4v) is 2.64. The first-order valence-corrected chi connectivity index (χ1v) is 7.80. The number of carbonyl (C=O) groups is 2. The summed E-state index contributed by atoms with van der Waals surface area (Å²) in [6, 6.07) is 0. The summed E-state index contributed by atoms with van der Waals surface area (Å²) in [6.45, 7) is 2.10. The summed E-state index contributed by atoms with van der Waals surface area (Å²) in [5, 5.41) is 0. The Bertz CT molecular complexity index is 619. The van der Waals surface area contributed by atoms with Crippen LogP contribution in [0.15, 0.2) is 46.5 Å². The van der Waals surface area contributed by atoms with E-state index >= 15 is 0 Å². The normalized spacial score (nSPS) is 17.1. The maximum absolute atomic E-state index is 12.3. The van der Waals surface area contributed by atoms with Gasteiger partial charge >= 0.3 is 11.9 Å². The predicted octanol–water partition coefficient (Wildman–Crippen LogP) is 3.34. The molecule has 5 nitrogen and oxygen atoms in total. The van der Waals surface area contributed by atoms with Crippen molar-refractivity contribution in [3.05, 3.63) is 46.5 Å². The zero-order valence-electron chi connectivity index (χ0n) is 13.8. The highest BCUT2D eigenvalue weighted by Gasteiger charge is 2.30. The Balaban J connectivity index is 2.53. The number of ether oxygens (including phenoxy) is 3. The maximum atomic E-state index is 12.3. The lowest BCUT2D eigenvalue weighted by molar-refractivity contribution is -0.139. The van der Waals surface area contributed by atoms with Gasteiger partial charge in [0.1, 0.15) is 5.76 Å². The molecule has 0 fully saturated rings. The van der Waals surface area contributed by atoms with Gasteiger partial charge in [0.15, 0.2) is 0 Å². The molecule has 0 unspecified atom stereocenters. The summed E-state index contributed by atoms with van der Waals surface area (Å²) in [5.74, 6) is -0.287. The minimum atomic E-state index is -0.544. The summed E-state index contributed by atoms with van der Waals surface area (Å²) >= 11 is 0. The first-order valence-electron chi connectivity index (χ1n) is 7.80. The second-order valence-electron chi connectivity index (χ2n) is 5.40. The molecule has 2 rings (SSSR count). The van der Waals surface area contributed by atoms with Gasteiger partial charge in [-0.1, -0.05) is 19.4 Å². The van der Waals surface area contributed by atoms with Gasteiger partial charge in [0, 0.05) is 6.42 Å². The molecule has 1 aliphatic carbocycles. The predicted molar refractivity (Wildman–Crippen MR) is 85.2 cm³/mol. The molecule has 0 radical (unpaired) electrons. The molecular formula is C18H22O5. The van der Waals surface area contributed by atoms with Crippen LogP contribution in [-0.2, 0) is 23.8 Å². The number of fused-ring (bicyclic) bond motifs is 1. The number of hydrogen-bond donors (Lipinski definition) is 0. The molecule has 0 atom stereocenters. The van der Waals surface area contributed by atoms with Crippen molar-refractivity contribution in [2.24, 2.45) is 0 Å². The third-order valence-corrected chi connectivity index (χ3v) is 3.88. The van der Waals surface area contributed by atoms with Crippen LogP contribution in [0.1, 0.15) is 39.0 Å². The smallest absolute Gasteiger partial charge is 0.339 e. The fourth-order valence-electron chi connectivity index (χ4n) is 2.64. The monoisotopic (exact) mass is 318 g/mol. The van der Waals surface area contributed by atoms with E-state index in [4.69, 9.17) is 14.2 Å². The topological polar surface area (TPSA) is 61.8 Å². The average molecular weight is 318 g/mol. The highest BCUT2D eigenvalue weighted by molar-refractivity contribution is 6.08. The van der Waals surface area contributed by atoms with Crippen molar-refractivity contribution in [1.29, 1.82) is 0 Å². The molecular weight excluding hydrogens is 296 g/mol. The van der Waals surface area contributed by atoms with E-state index < -0.39 is 11.9 Å². The van der Waals surface area contributed by atoms with Crippen LogP contribution in [0.4, 0.5) is 0 Å². The molecule has 0 aromatic carbocycles. The van der Waals surface area contributed by atoms with Crippen molar-refractivity contribution >= 4 is 11.9 Å². The Morgan fingerprint density at radius 1 is 1.22 bits per heavy atom. The van der Waals surface area contributed by atoms with Crippen LogP contribution >= 0.6 is 0 Å². The minimum Gasteiger partial charge on any atom is -0.469 e. The molecule has 0 bridgehead atoms. The molecule has 0 N–H and O–H groups in total. The van der Waals surface area contributed by atoms with Gasteiger partial charge in [-0.25, -0.2) is 9.59 Å². The second-order valence-corrected chi connectivity index (χ2v) is 5.40. The summed E-state index contributed by atoms with van der Waals surface area (Å²) in [6.07, 6.45) is 9.40. The molecule has 23 heavy (non-hydrogen) atoms. The van der Waals surface area contributed by atoms with Crippen molar-refractivity contribution in [1.82, 2.24) is 0 Å². The number of allylic oxidation sites excluding steroid dienone is 5. The quantitative estimate of drug-likeness (QED) is 0.728. The number of hydrogen-bond acceptors (Lipinski definition) is 5. The molecule has 0 saturated carbocycles. The number of unbranched alkanes of at least 4 members (excludes halogenated alkanes) is 1. The van der Waals surface area contributed by atoms with E-state index in [1.165, 1.54) is 14.2 Å². The van der Waals surface area contributed by atoms with Crippen LogP contribution in [-0.4, -0.2) is 26.2 Å². The molecule has 5 heteroatoms. The minimum absolute atomic E-state index is 0.250. The summed E-state index contributed by atoms with van der Waals surface area (Å²) < 4.78 is 15.4. The largest absolute Gasteiger partial charge is 0.469 e. The zero-order chi connectivity index (χ0) is 16.8. The van der Waals surface area contributed by atoms with Crippen LogP contribution in [0, 0.1) is 0 Å². The van der Waals surface area contributed by atoms with E-state index in [9.17, 15) is 9.59 Å². The first kappa shape index (κ1) is 17.1. The van der Waals surface area contributed by atoms with Crippen molar-refractivity contribution in [2.75, 3.05) is 14.2 Å². The van der Waals surface area contributed by atoms with Crippen LogP contribution < -0.4 is 0 Å². The SMILES string of the molecule is CCCCC1=CC2=C(C(=O)OC)C(C(=O)OC)=CCCC2=CO1. The molecule has 124 valence electrons. The summed E-state index contributed by atoms with van der Waals surface area (Å²) in [4.78, 5) is 24.4. The van der Waals surface area contributed by atoms with Gasteiger partial charge in [-0.05, 0) is 36.5 Å². The lowest BCUT2D eigenvalue weighted by Crippen LogP contribution is -2.17. The molecule has 0 saturated heterocycles. The van der Waals surface area contributed by atoms with Crippen LogP contribution in [0.3, 0.4) is 0 Å². The van der Waals surface area contributed by atoms with Gasteiger partial charge in [-0.15, -0.1) is 0 Å². The second kappa shape index (κ2) is 7.81. The summed E-state index contributed by atoms with van der Waals surface area (Å²) in [7, 11) is 2.61. The number of carbonyl (C=O) groups excluding carboxylic acids is 2. The number of esters is 2. The lowest BCUT2D eigenvalue weighted by Gasteiger charge is -2.19. The highest BCUT2D eigenvalue weighted by atomic mass is 16.5. The number of rotatable bonds is 5. The molecule has 1 aliphatic heterocycles. The Kier molecular flexibility index (Phi) is 5.79. The molecule has 0 amide bonds. The first-order chi connectivity index (χ1) is 11.1. The standard InChI is InChI=1S/C18H22O5/c1-4-5-8-13-10-15-12(11-23-13)7-6-9-14(17(19)21-2)16(15)18(20)22-3/h9-11H,4-8H2,1-3H3. The van der Waals surface area contributed by atoms with Gasteiger partial charge < -0.3 is 14.2 Å². The summed E-state index contributed by atoms with van der Waals surface area (Å²) in [5.41, 5.74) is 2.09. The van der Waals surface area contributed by atoms with E-state index in [2.05, 4.69) is 6.92 Å². The Morgan fingerprint density at radius 2 is 1.96 bits per heavy atom. The van der Waals surface area contributed by atoms with E-state index in [0.29, 0.717) is 18.4 Å². The Morgan fingerprint density at radius 3 is 2.61 bits per heavy atom. The highest BCUT2D eigenvalue weighted by Crippen LogP contribution is 2.35. The van der Waals surface area contributed by atoms with Crippen LogP contribution in [0.5, 0.6) is 0 Å². The van der Waals surface area contributed by atoms with Gasteiger partial charge in [0.05, 0.1) is 31.6 Å².